The van der Waals surface area contributed by atoms with E-state index in [-0.39, 0.29) is 6.35 Å². The maximum atomic E-state index is 14.8. The van der Waals surface area contributed by atoms with Crippen molar-refractivity contribution >= 4 is 36.2 Å². The van der Waals surface area contributed by atoms with E-state index in [2.05, 4.69) is 34.0 Å². The fourth-order valence-electron chi connectivity index (χ4n) is 5.91. The monoisotopic (exact) mass is 648 g/mol. The molecule has 2 heterocycles. The van der Waals surface area contributed by atoms with E-state index in [1.165, 1.54) is 0 Å². The van der Waals surface area contributed by atoms with Gasteiger partial charge < -0.3 is 24.5 Å². The number of nitrogen functional groups attached to an aromatic ring is 1. The van der Waals surface area contributed by atoms with E-state index in [1.54, 1.807) is 18.6 Å². The molecule has 45 heavy (non-hydrogen) atoms. The molecule has 0 unspecified atom stereocenters. The smallest absolute Gasteiger partial charge is 0.326 e. The van der Waals surface area contributed by atoms with Gasteiger partial charge >= 0.3 is 11.9 Å². The molecule has 0 bridgehead atoms. The second-order valence-corrected chi connectivity index (χ2v) is 15.0. The van der Waals surface area contributed by atoms with Crippen LogP contribution < -0.4 is 15.9 Å². The lowest BCUT2D eigenvalue weighted by atomic mass is 9.78. The normalized spacial score (nSPS) is 17.8. The highest BCUT2D eigenvalue weighted by Crippen LogP contribution is 2.50. The standard InChI is InChI=1S/C32H53N6O6P/c1-4-6-8-10-20-42-29(39)31(15-12-16-31)36-45(41,37-32(17-13-18-32)30(40)43-21-11-9-7-5-2)24-44-25(3)22-38-23-35-27-26(33)14-19-34-28(27)38/h14,19,23,25H,4-13,15-18,20-22,24H2,1-3H3,(H2,33,34)(H2,36,37,41)/t25-/m1/s1. The lowest BCUT2D eigenvalue weighted by Gasteiger charge is -2.47. The van der Waals surface area contributed by atoms with E-state index in [4.69, 9.17) is 19.9 Å². The number of ether oxygens (including phenoxy) is 3. The van der Waals surface area contributed by atoms with E-state index in [9.17, 15) is 14.2 Å². The van der Waals surface area contributed by atoms with Crippen molar-refractivity contribution in [2.45, 2.75) is 134 Å². The lowest BCUT2D eigenvalue weighted by Crippen LogP contribution is -2.62. The first-order valence-electron chi connectivity index (χ1n) is 16.9. The second-order valence-electron chi connectivity index (χ2n) is 12.8. The number of anilines is 1. The number of fused-ring (bicyclic) bond motifs is 1. The predicted molar refractivity (Wildman–Crippen MR) is 175 cm³/mol. The van der Waals surface area contributed by atoms with Crippen molar-refractivity contribution in [1.29, 1.82) is 0 Å². The number of aromatic nitrogens is 3. The van der Waals surface area contributed by atoms with E-state index < -0.39 is 36.6 Å². The van der Waals surface area contributed by atoms with Crippen molar-refractivity contribution in [3.05, 3.63) is 18.6 Å². The molecular formula is C32H53N6O6P. The van der Waals surface area contributed by atoms with Gasteiger partial charge in [0, 0.05) is 6.20 Å². The molecule has 0 aliphatic heterocycles. The average Bonchev–Trinajstić information content (AvgIpc) is 3.39. The number of esters is 2. The molecule has 0 spiro atoms. The Morgan fingerprint density at radius 3 is 1.98 bits per heavy atom. The quantitative estimate of drug-likeness (QED) is 0.0848. The number of carbonyl (C=O) groups is 2. The molecule has 2 saturated carbocycles. The number of unbranched alkanes of at least 4 members (excludes halogenated alkanes) is 6. The number of imidazole rings is 1. The molecule has 0 aromatic carbocycles. The summed E-state index contributed by atoms with van der Waals surface area (Å²) in [6, 6.07) is 1.70. The van der Waals surface area contributed by atoms with E-state index >= 15 is 0 Å². The Labute approximate surface area is 267 Å². The number of pyridine rings is 1. The van der Waals surface area contributed by atoms with Crippen molar-refractivity contribution in [1.82, 2.24) is 24.7 Å². The van der Waals surface area contributed by atoms with Crippen LogP contribution in [0.3, 0.4) is 0 Å². The van der Waals surface area contributed by atoms with E-state index in [0.29, 0.717) is 62.3 Å². The zero-order valence-electron chi connectivity index (χ0n) is 27.4. The molecule has 2 aromatic heterocycles. The fraction of sp³-hybridized carbons (Fsp3) is 0.750. The molecule has 4 rings (SSSR count). The Hall–Kier alpha value is -2.53. The molecule has 13 heteroatoms. The van der Waals surface area contributed by atoms with Crippen molar-refractivity contribution < 1.29 is 28.4 Å². The SMILES string of the molecule is CCCCCCOC(=O)C1(NP(=O)(CO[C@H](C)Cn2cnc3c(N)ccnc32)NC2(C(=O)OCCCCCC)CCC2)CCC1. The Bertz CT molecular complexity index is 1260. The minimum Gasteiger partial charge on any atom is -0.464 e. The van der Waals surface area contributed by atoms with Crippen molar-refractivity contribution in [2.24, 2.45) is 0 Å². The van der Waals surface area contributed by atoms with Crippen LogP contribution in [0.4, 0.5) is 5.69 Å². The van der Waals surface area contributed by atoms with Gasteiger partial charge in [-0.3, -0.25) is 14.2 Å². The number of nitrogens with one attached hydrogen (secondary N) is 2. The van der Waals surface area contributed by atoms with Gasteiger partial charge in [0.25, 0.3) is 0 Å². The second kappa shape index (κ2) is 16.3. The molecule has 2 fully saturated rings. The number of hydrogen-bond donors (Lipinski definition) is 3. The third-order valence-electron chi connectivity index (χ3n) is 8.98. The Balaban J connectivity index is 1.47. The van der Waals surface area contributed by atoms with Crippen LogP contribution in [0.1, 0.15) is 111 Å². The zero-order chi connectivity index (χ0) is 32.3. The minimum atomic E-state index is -3.68. The third-order valence-corrected chi connectivity index (χ3v) is 11.1. The lowest BCUT2D eigenvalue weighted by molar-refractivity contribution is -0.154. The zero-order valence-corrected chi connectivity index (χ0v) is 28.2. The van der Waals surface area contributed by atoms with Crippen LogP contribution in [0.25, 0.3) is 11.2 Å². The first kappa shape index (κ1) is 35.3. The molecule has 0 amide bonds. The van der Waals surface area contributed by atoms with Crippen LogP contribution in [-0.2, 0) is 34.9 Å². The summed E-state index contributed by atoms with van der Waals surface area (Å²) in [6.45, 7) is 7.19. The number of nitrogens with zero attached hydrogens (tertiary/aromatic N) is 3. The third kappa shape index (κ3) is 9.05. The molecular weight excluding hydrogens is 595 g/mol. The molecule has 2 aliphatic carbocycles. The maximum absolute atomic E-state index is 14.8. The molecule has 1 atom stereocenters. The van der Waals surface area contributed by atoms with Gasteiger partial charge in [0.1, 0.15) is 22.9 Å². The van der Waals surface area contributed by atoms with Crippen molar-refractivity contribution in [2.75, 3.05) is 25.3 Å². The van der Waals surface area contributed by atoms with Crippen LogP contribution in [0.15, 0.2) is 18.6 Å². The van der Waals surface area contributed by atoms with Crippen LogP contribution >= 0.6 is 7.44 Å². The highest BCUT2D eigenvalue weighted by molar-refractivity contribution is 7.59. The summed E-state index contributed by atoms with van der Waals surface area (Å²) in [5.74, 6) is -0.787. The average molecular weight is 649 g/mol. The van der Waals surface area contributed by atoms with E-state index in [1.807, 2.05) is 11.5 Å². The summed E-state index contributed by atoms with van der Waals surface area (Å²) < 4.78 is 34.2. The van der Waals surface area contributed by atoms with Gasteiger partial charge in [-0.1, -0.05) is 52.4 Å². The Morgan fingerprint density at radius 1 is 0.933 bits per heavy atom. The predicted octanol–water partition coefficient (Wildman–Crippen LogP) is 5.84. The number of hydrogen-bond acceptors (Lipinski definition) is 9. The minimum absolute atomic E-state index is 0.229. The van der Waals surface area contributed by atoms with Gasteiger partial charge in [-0.05, 0) is 64.4 Å². The Kier molecular flexibility index (Phi) is 12.8. The molecule has 2 aliphatic rings. The molecule has 0 radical (unpaired) electrons. The van der Waals surface area contributed by atoms with Gasteiger partial charge in [-0.15, -0.1) is 0 Å². The number of rotatable bonds is 21. The van der Waals surface area contributed by atoms with Crippen LogP contribution in [0.5, 0.6) is 0 Å². The first-order valence-corrected chi connectivity index (χ1v) is 18.7. The summed E-state index contributed by atoms with van der Waals surface area (Å²) in [6.07, 6.45) is 14.2. The molecule has 12 nitrogen and oxygen atoms in total. The molecule has 0 saturated heterocycles. The van der Waals surface area contributed by atoms with E-state index in [0.717, 1.165) is 64.2 Å². The van der Waals surface area contributed by atoms with Crippen molar-refractivity contribution in [3.63, 3.8) is 0 Å². The van der Waals surface area contributed by atoms with Crippen LogP contribution in [0.2, 0.25) is 0 Å². The first-order chi connectivity index (χ1) is 21.7. The topological polar surface area (TPSA) is 160 Å². The molecule has 2 aromatic rings. The van der Waals surface area contributed by atoms with Gasteiger partial charge in [0.2, 0.25) is 7.44 Å². The number of carbonyl (C=O) groups excluding carboxylic acids is 2. The fourth-order valence-corrected chi connectivity index (χ4v) is 8.57. The van der Waals surface area contributed by atoms with Gasteiger partial charge in [0.05, 0.1) is 37.9 Å². The summed E-state index contributed by atoms with van der Waals surface area (Å²) in [5.41, 5.74) is 5.66. The number of nitrogens with two attached hydrogens (primary N) is 1. The molecule has 4 N–H and O–H groups in total. The maximum Gasteiger partial charge on any atom is 0.326 e. The van der Waals surface area contributed by atoms with Gasteiger partial charge in [-0.25, -0.2) is 20.1 Å². The summed E-state index contributed by atoms with van der Waals surface area (Å²) >= 11 is 0. The van der Waals surface area contributed by atoms with Gasteiger partial charge in [-0.2, -0.15) is 0 Å². The van der Waals surface area contributed by atoms with Gasteiger partial charge in [0.15, 0.2) is 5.65 Å². The largest absolute Gasteiger partial charge is 0.464 e. The highest BCUT2D eigenvalue weighted by atomic mass is 31.2. The Morgan fingerprint density at radius 2 is 1.49 bits per heavy atom. The summed E-state index contributed by atoms with van der Waals surface area (Å²) in [5, 5.41) is 6.40. The summed E-state index contributed by atoms with van der Waals surface area (Å²) in [4.78, 5) is 35.5. The van der Waals surface area contributed by atoms with Crippen LogP contribution in [-0.4, -0.2) is 63.2 Å². The summed E-state index contributed by atoms with van der Waals surface area (Å²) in [7, 11) is -3.68. The van der Waals surface area contributed by atoms with Crippen molar-refractivity contribution in [3.8, 4) is 0 Å². The highest BCUT2D eigenvalue weighted by Gasteiger charge is 2.54. The molecule has 252 valence electrons. The van der Waals surface area contributed by atoms with Crippen LogP contribution in [0, 0.1) is 0 Å².